The molecular formula is C17H26N2O3. The third kappa shape index (κ3) is 5.48. The van der Waals surface area contributed by atoms with Gasteiger partial charge in [-0.25, -0.2) is 0 Å². The van der Waals surface area contributed by atoms with Gasteiger partial charge in [0.25, 0.3) is 0 Å². The van der Waals surface area contributed by atoms with Gasteiger partial charge in [0, 0.05) is 18.3 Å². The average molecular weight is 306 g/mol. The number of carbonyl (C=O) groups excluding carboxylic acids is 2. The first-order chi connectivity index (χ1) is 10.5. The van der Waals surface area contributed by atoms with Crippen LogP contribution in [0.5, 0.6) is 0 Å². The minimum absolute atomic E-state index is 0.0794. The van der Waals surface area contributed by atoms with Crippen LogP contribution in [-0.4, -0.2) is 29.6 Å². The first-order valence-corrected chi connectivity index (χ1v) is 7.86. The molecule has 1 rings (SSSR count). The van der Waals surface area contributed by atoms with Gasteiger partial charge >= 0.3 is 11.8 Å². The fourth-order valence-corrected chi connectivity index (χ4v) is 2.21. The number of nitrogens with one attached hydrogen (secondary N) is 2. The summed E-state index contributed by atoms with van der Waals surface area (Å²) in [4.78, 5) is 23.9. The van der Waals surface area contributed by atoms with E-state index in [1.54, 1.807) is 0 Å². The highest BCUT2D eigenvalue weighted by Gasteiger charge is 2.17. The van der Waals surface area contributed by atoms with E-state index >= 15 is 0 Å². The van der Waals surface area contributed by atoms with E-state index in [1.165, 1.54) is 0 Å². The van der Waals surface area contributed by atoms with Crippen molar-refractivity contribution in [2.24, 2.45) is 0 Å². The molecule has 0 aliphatic heterocycles. The molecule has 0 saturated heterocycles. The van der Waals surface area contributed by atoms with Crippen LogP contribution in [0.25, 0.3) is 0 Å². The van der Waals surface area contributed by atoms with Crippen LogP contribution in [0, 0.1) is 0 Å². The number of hydrogen-bond acceptors (Lipinski definition) is 3. The molecule has 1 aromatic rings. The summed E-state index contributed by atoms with van der Waals surface area (Å²) in [6.07, 6.45) is 2.90. The lowest BCUT2D eigenvalue weighted by molar-refractivity contribution is -0.136. The number of aliphatic hydroxyl groups is 1. The molecule has 0 aliphatic carbocycles. The van der Waals surface area contributed by atoms with E-state index in [0.717, 1.165) is 24.0 Å². The van der Waals surface area contributed by atoms with E-state index in [2.05, 4.69) is 10.6 Å². The Morgan fingerprint density at radius 3 is 2.50 bits per heavy atom. The molecule has 3 N–H and O–H groups in total. The van der Waals surface area contributed by atoms with E-state index in [1.807, 2.05) is 39.0 Å². The van der Waals surface area contributed by atoms with Crippen molar-refractivity contribution in [1.82, 2.24) is 5.32 Å². The van der Waals surface area contributed by atoms with Gasteiger partial charge in [0.05, 0.1) is 0 Å². The van der Waals surface area contributed by atoms with E-state index < -0.39 is 11.8 Å². The molecule has 22 heavy (non-hydrogen) atoms. The molecule has 0 bridgehead atoms. The highest BCUT2D eigenvalue weighted by atomic mass is 16.3. The number of aryl methyl sites for hydroxylation is 2. The topological polar surface area (TPSA) is 78.4 Å². The van der Waals surface area contributed by atoms with Crippen LogP contribution >= 0.6 is 0 Å². The van der Waals surface area contributed by atoms with Gasteiger partial charge in [0.2, 0.25) is 0 Å². The van der Waals surface area contributed by atoms with Crippen molar-refractivity contribution in [3.63, 3.8) is 0 Å². The predicted octanol–water partition coefficient (Wildman–Crippen LogP) is 2.03. The molecule has 5 heteroatoms. The Kier molecular flexibility index (Phi) is 7.60. The predicted molar refractivity (Wildman–Crippen MR) is 87.8 cm³/mol. The molecule has 0 spiro atoms. The minimum atomic E-state index is -0.654. The van der Waals surface area contributed by atoms with Crippen LogP contribution in [0.3, 0.4) is 0 Å². The molecule has 122 valence electrons. The monoisotopic (exact) mass is 306 g/mol. The molecule has 0 aromatic heterocycles. The number of benzene rings is 1. The second-order valence-electron chi connectivity index (χ2n) is 5.39. The van der Waals surface area contributed by atoms with Gasteiger partial charge in [0.15, 0.2) is 0 Å². The summed E-state index contributed by atoms with van der Waals surface area (Å²) in [7, 11) is 0. The third-order valence-electron chi connectivity index (χ3n) is 3.59. The van der Waals surface area contributed by atoms with Crippen molar-refractivity contribution in [3.8, 4) is 0 Å². The van der Waals surface area contributed by atoms with Crippen molar-refractivity contribution < 1.29 is 14.7 Å². The summed E-state index contributed by atoms with van der Waals surface area (Å²) < 4.78 is 0. The number of aliphatic hydroxyl groups excluding tert-OH is 1. The lowest BCUT2D eigenvalue weighted by Crippen LogP contribution is -2.40. The Labute approximate surface area is 132 Å². The zero-order valence-corrected chi connectivity index (χ0v) is 13.6. The van der Waals surface area contributed by atoms with Crippen molar-refractivity contribution in [3.05, 3.63) is 29.3 Å². The van der Waals surface area contributed by atoms with Crippen molar-refractivity contribution in [2.45, 2.75) is 52.5 Å². The summed E-state index contributed by atoms with van der Waals surface area (Å²) in [6, 6.07) is 5.79. The summed E-state index contributed by atoms with van der Waals surface area (Å²) in [5.74, 6) is -1.30. The molecule has 1 unspecified atom stereocenters. The molecule has 1 atom stereocenters. The number of amides is 2. The van der Waals surface area contributed by atoms with Crippen LogP contribution in [0.15, 0.2) is 18.2 Å². The molecule has 0 saturated carbocycles. The highest BCUT2D eigenvalue weighted by molar-refractivity contribution is 6.39. The second kappa shape index (κ2) is 9.20. The lowest BCUT2D eigenvalue weighted by Gasteiger charge is -2.14. The highest BCUT2D eigenvalue weighted by Crippen LogP contribution is 2.19. The van der Waals surface area contributed by atoms with Crippen LogP contribution < -0.4 is 10.6 Å². The van der Waals surface area contributed by atoms with Crippen molar-refractivity contribution in [2.75, 3.05) is 11.9 Å². The number of anilines is 1. The lowest BCUT2D eigenvalue weighted by atomic mass is 10.1. The molecule has 0 radical (unpaired) electrons. The fraction of sp³-hybridized carbons (Fsp3) is 0.529. The summed E-state index contributed by atoms with van der Waals surface area (Å²) >= 11 is 0. The van der Waals surface area contributed by atoms with Gasteiger partial charge in [-0.1, -0.05) is 26.0 Å². The maximum absolute atomic E-state index is 12.0. The van der Waals surface area contributed by atoms with Crippen LogP contribution in [-0.2, 0) is 22.4 Å². The Bertz CT molecular complexity index is 515. The van der Waals surface area contributed by atoms with Gasteiger partial charge in [-0.2, -0.15) is 0 Å². The molecular weight excluding hydrogens is 280 g/mol. The standard InChI is InChI=1S/C17H26N2O3/c1-4-13-8-9-14(5-2)15(11-13)19-17(22)16(21)18-12(3)7-6-10-20/h8-9,11-12,20H,4-7,10H2,1-3H3,(H,18,21)(H,19,22). The number of carbonyl (C=O) groups is 2. The zero-order valence-electron chi connectivity index (χ0n) is 13.6. The normalized spacial score (nSPS) is 11.8. The summed E-state index contributed by atoms with van der Waals surface area (Å²) in [5.41, 5.74) is 2.82. The Morgan fingerprint density at radius 1 is 1.18 bits per heavy atom. The third-order valence-corrected chi connectivity index (χ3v) is 3.59. The van der Waals surface area contributed by atoms with E-state index in [9.17, 15) is 9.59 Å². The summed E-state index contributed by atoms with van der Waals surface area (Å²) in [5, 5.41) is 14.1. The van der Waals surface area contributed by atoms with Gasteiger partial charge in [-0.05, 0) is 49.8 Å². The van der Waals surface area contributed by atoms with Crippen molar-refractivity contribution >= 4 is 17.5 Å². The van der Waals surface area contributed by atoms with Gasteiger partial charge in [-0.3, -0.25) is 9.59 Å². The molecule has 0 aliphatic rings. The smallest absolute Gasteiger partial charge is 0.313 e. The summed E-state index contributed by atoms with van der Waals surface area (Å²) in [6.45, 7) is 5.95. The number of hydrogen-bond donors (Lipinski definition) is 3. The fourth-order valence-electron chi connectivity index (χ4n) is 2.21. The molecule has 5 nitrogen and oxygen atoms in total. The average Bonchev–Trinajstić information content (AvgIpc) is 2.52. The largest absolute Gasteiger partial charge is 0.396 e. The van der Waals surface area contributed by atoms with Gasteiger partial charge < -0.3 is 15.7 Å². The van der Waals surface area contributed by atoms with Crippen LogP contribution in [0.2, 0.25) is 0 Å². The van der Waals surface area contributed by atoms with E-state index in [4.69, 9.17) is 5.11 Å². The molecule has 0 fully saturated rings. The molecule has 1 aromatic carbocycles. The van der Waals surface area contributed by atoms with Crippen molar-refractivity contribution in [1.29, 1.82) is 0 Å². The van der Waals surface area contributed by atoms with Crippen LogP contribution in [0.1, 0.15) is 44.7 Å². The second-order valence-corrected chi connectivity index (χ2v) is 5.39. The number of rotatable bonds is 7. The van der Waals surface area contributed by atoms with E-state index in [-0.39, 0.29) is 12.6 Å². The maximum Gasteiger partial charge on any atom is 0.313 e. The molecule has 2 amide bonds. The Hall–Kier alpha value is -1.88. The first-order valence-electron chi connectivity index (χ1n) is 7.86. The Morgan fingerprint density at radius 2 is 1.91 bits per heavy atom. The molecule has 0 heterocycles. The SMILES string of the molecule is CCc1ccc(CC)c(NC(=O)C(=O)NC(C)CCCO)c1. The minimum Gasteiger partial charge on any atom is -0.396 e. The Balaban J connectivity index is 2.69. The van der Waals surface area contributed by atoms with Gasteiger partial charge in [-0.15, -0.1) is 0 Å². The first kappa shape index (κ1) is 18.2. The quantitative estimate of drug-likeness (QED) is 0.674. The van der Waals surface area contributed by atoms with Crippen LogP contribution in [0.4, 0.5) is 5.69 Å². The maximum atomic E-state index is 12.0. The van der Waals surface area contributed by atoms with Gasteiger partial charge in [0.1, 0.15) is 0 Å². The van der Waals surface area contributed by atoms with E-state index in [0.29, 0.717) is 18.5 Å². The zero-order chi connectivity index (χ0) is 16.5.